The highest BCUT2D eigenvalue weighted by atomic mass is 35.5. The van der Waals surface area contributed by atoms with E-state index < -0.39 is 5.97 Å². The van der Waals surface area contributed by atoms with E-state index in [-0.39, 0.29) is 10.6 Å². The first-order valence-corrected chi connectivity index (χ1v) is 8.38. The maximum Gasteiger partial charge on any atom is 0.337 e. The second kappa shape index (κ2) is 7.40. The number of carboxylic acid groups (broad SMARTS) is 1. The van der Waals surface area contributed by atoms with Crippen LogP contribution in [0.2, 0.25) is 15.1 Å². The highest BCUT2D eigenvalue weighted by Crippen LogP contribution is 2.31. The van der Waals surface area contributed by atoms with Gasteiger partial charge in [-0.1, -0.05) is 34.8 Å². The molecule has 0 aliphatic rings. The molecule has 1 aromatic heterocycles. The maximum atomic E-state index is 11.1. The van der Waals surface area contributed by atoms with E-state index in [0.717, 1.165) is 5.56 Å². The van der Waals surface area contributed by atoms with E-state index in [1.807, 2.05) is 12.1 Å². The molecule has 0 saturated heterocycles. The number of carboxylic acids is 1. The molecule has 1 heterocycles. The quantitative estimate of drug-likeness (QED) is 0.537. The fraction of sp³-hybridized carbons (Fsp3) is 0.0556. The molecule has 0 unspecified atom stereocenters. The molecule has 0 saturated carbocycles. The third-order valence-corrected chi connectivity index (χ3v) is 4.40. The van der Waals surface area contributed by atoms with Gasteiger partial charge in [-0.2, -0.15) is 0 Å². The van der Waals surface area contributed by atoms with Crippen LogP contribution in [-0.4, -0.2) is 11.1 Å². The Hall–Kier alpha value is -2.14. The minimum absolute atomic E-state index is 0.0414. The number of hydrogen-bond donors (Lipinski definition) is 2. The standard InChI is InChI=1S/C18H12Cl3NO3/c19-10-1-4-13(16(21)7-10)17-6-3-12(25-17)9-22-11-2-5-15(20)14(8-11)18(23)24/h1-8,22H,9H2,(H,23,24). The number of hydrogen-bond acceptors (Lipinski definition) is 3. The molecule has 0 radical (unpaired) electrons. The van der Waals surface area contributed by atoms with Gasteiger partial charge in [0.25, 0.3) is 0 Å². The number of furan rings is 1. The lowest BCUT2D eigenvalue weighted by Gasteiger charge is -2.07. The number of rotatable bonds is 5. The molecule has 128 valence electrons. The van der Waals surface area contributed by atoms with Crippen LogP contribution in [0.5, 0.6) is 0 Å². The molecular weight excluding hydrogens is 385 g/mol. The average Bonchev–Trinajstić information content (AvgIpc) is 3.02. The van der Waals surface area contributed by atoms with Gasteiger partial charge in [0.2, 0.25) is 0 Å². The second-order valence-electron chi connectivity index (χ2n) is 5.24. The Morgan fingerprint density at radius 1 is 1.00 bits per heavy atom. The number of halogens is 3. The summed E-state index contributed by atoms with van der Waals surface area (Å²) in [7, 11) is 0. The van der Waals surface area contributed by atoms with Gasteiger partial charge in [-0.15, -0.1) is 0 Å². The van der Waals surface area contributed by atoms with Gasteiger partial charge in [0, 0.05) is 16.3 Å². The molecule has 3 aromatic rings. The Labute approximate surface area is 158 Å². The van der Waals surface area contributed by atoms with Gasteiger partial charge in [-0.25, -0.2) is 4.79 Å². The summed E-state index contributed by atoms with van der Waals surface area (Å²) in [5.74, 6) is 0.222. The molecule has 0 spiro atoms. The van der Waals surface area contributed by atoms with Crippen molar-refractivity contribution < 1.29 is 14.3 Å². The monoisotopic (exact) mass is 395 g/mol. The number of aromatic carboxylic acids is 1. The van der Waals surface area contributed by atoms with E-state index in [0.29, 0.717) is 33.8 Å². The van der Waals surface area contributed by atoms with E-state index in [4.69, 9.17) is 44.3 Å². The van der Waals surface area contributed by atoms with Crippen LogP contribution in [0.1, 0.15) is 16.1 Å². The van der Waals surface area contributed by atoms with Gasteiger partial charge >= 0.3 is 5.97 Å². The predicted molar refractivity (Wildman–Crippen MR) is 99.9 cm³/mol. The summed E-state index contributed by atoms with van der Waals surface area (Å²) in [5.41, 5.74) is 1.42. The van der Waals surface area contributed by atoms with Crippen molar-refractivity contribution in [3.63, 3.8) is 0 Å². The predicted octanol–water partition coefficient (Wildman–Crippen LogP) is 6.22. The molecule has 7 heteroatoms. The summed E-state index contributed by atoms with van der Waals surface area (Å²) in [4.78, 5) is 11.1. The Kier molecular flexibility index (Phi) is 5.23. The van der Waals surface area contributed by atoms with E-state index in [2.05, 4.69) is 5.32 Å². The fourth-order valence-electron chi connectivity index (χ4n) is 2.30. The third kappa shape index (κ3) is 4.10. The summed E-state index contributed by atoms with van der Waals surface area (Å²) in [6, 6.07) is 13.5. The fourth-order valence-corrected chi connectivity index (χ4v) is 3.00. The summed E-state index contributed by atoms with van der Waals surface area (Å²) in [5, 5.41) is 13.4. The molecule has 0 bridgehead atoms. The van der Waals surface area contributed by atoms with Gasteiger partial charge in [-0.05, 0) is 48.5 Å². The minimum Gasteiger partial charge on any atom is -0.478 e. The van der Waals surface area contributed by atoms with E-state index in [1.54, 1.807) is 24.3 Å². The van der Waals surface area contributed by atoms with Crippen LogP contribution < -0.4 is 5.32 Å². The minimum atomic E-state index is -1.08. The van der Waals surface area contributed by atoms with Crippen molar-refractivity contribution in [3.8, 4) is 11.3 Å². The molecule has 0 aliphatic heterocycles. The number of anilines is 1. The van der Waals surface area contributed by atoms with Gasteiger partial charge < -0.3 is 14.8 Å². The zero-order chi connectivity index (χ0) is 18.0. The van der Waals surface area contributed by atoms with Crippen molar-refractivity contribution >= 4 is 46.5 Å². The SMILES string of the molecule is O=C(O)c1cc(NCc2ccc(-c3ccc(Cl)cc3Cl)o2)ccc1Cl. The van der Waals surface area contributed by atoms with Crippen molar-refractivity contribution in [1.29, 1.82) is 0 Å². The molecule has 0 atom stereocenters. The van der Waals surface area contributed by atoms with Crippen molar-refractivity contribution in [1.82, 2.24) is 0 Å². The normalized spacial score (nSPS) is 10.7. The van der Waals surface area contributed by atoms with Crippen LogP contribution in [0.15, 0.2) is 52.9 Å². The van der Waals surface area contributed by atoms with E-state index in [1.165, 1.54) is 12.1 Å². The zero-order valence-electron chi connectivity index (χ0n) is 12.7. The van der Waals surface area contributed by atoms with Crippen molar-refractivity contribution in [2.24, 2.45) is 0 Å². The van der Waals surface area contributed by atoms with Crippen LogP contribution in [0, 0.1) is 0 Å². The van der Waals surface area contributed by atoms with Gasteiger partial charge in [0.1, 0.15) is 11.5 Å². The Morgan fingerprint density at radius 3 is 2.52 bits per heavy atom. The largest absolute Gasteiger partial charge is 0.478 e. The first kappa shape index (κ1) is 17.7. The first-order valence-electron chi connectivity index (χ1n) is 7.25. The summed E-state index contributed by atoms with van der Waals surface area (Å²) in [6.45, 7) is 0.381. The first-order chi connectivity index (χ1) is 11.9. The smallest absolute Gasteiger partial charge is 0.337 e. The molecule has 3 rings (SSSR count). The van der Waals surface area contributed by atoms with Crippen LogP contribution >= 0.6 is 34.8 Å². The highest BCUT2D eigenvalue weighted by molar-refractivity contribution is 6.36. The van der Waals surface area contributed by atoms with Crippen molar-refractivity contribution in [3.05, 3.63) is 74.9 Å². The van der Waals surface area contributed by atoms with Crippen LogP contribution in [0.25, 0.3) is 11.3 Å². The van der Waals surface area contributed by atoms with Gasteiger partial charge in [0.05, 0.1) is 22.2 Å². The molecule has 2 N–H and O–H groups in total. The lowest BCUT2D eigenvalue weighted by molar-refractivity contribution is 0.0697. The van der Waals surface area contributed by atoms with Crippen molar-refractivity contribution in [2.45, 2.75) is 6.54 Å². The molecule has 0 fully saturated rings. The Morgan fingerprint density at radius 2 is 1.80 bits per heavy atom. The lowest BCUT2D eigenvalue weighted by Crippen LogP contribution is -2.02. The van der Waals surface area contributed by atoms with Gasteiger partial charge in [-0.3, -0.25) is 0 Å². The van der Waals surface area contributed by atoms with E-state index in [9.17, 15) is 4.79 Å². The van der Waals surface area contributed by atoms with Crippen LogP contribution in [-0.2, 0) is 6.54 Å². The topological polar surface area (TPSA) is 62.5 Å². The molecule has 25 heavy (non-hydrogen) atoms. The molecule has 0 amide bonds. The number of nitrogens with one attached hydrogen (secondary N) is 1. The Bertz CT molecular complexity index is 937. The summed E-state index contributed by atoms with van der Waals surface area (Å²) in [6.07, 6.45) is 0. The highest BCUT2D eigenvalue weighted by Gasteiger charge is 2.11. The maximum absolute atomic E-state index is 11.1. The molecule has 0 aliphatic carbocycles. The van der Waals surface area contributed by atoms with Crippen LogP contribution in [0.4, 0.5) is 5.69 Å². The summed E-state index contributed by atoms with van der Waals surface area (Å²) >= 11 is 17.9. The Balaban J connectivity index is 1.74. The number of benzene rings is 2. The molecule has 2 aromatic carbocycles. The third-order valence-electron chi connectivity index (χ3n) is 3.52. The van der Waals surface area contributed by atoms with Crippen LogP contribution in [0.3, 0.4) is 0 Å². The second-order valence-corrected chi connectivity index (χ2v) is 6.49. The van der Waals surface area contributed by atoms with E-state index >= 15 is 0 Å². The molecular formula is C18H12Cl3NO3. The molecule has 4 nitrogen and oxygen atoms in total. The van der Waals surface area contributed by atoms with Crippen molar-refractivity contribution in [2.75, 3.05) is 5.32 Å². The summed E-state index contributed by atoms with van der Waals surface area (Å²) < 4.78 is 5.78. The average molecular weight is 397 g/mol. The number of carbonyl (C=O) groups is 1. The van der Waals surface area contributed by atoms with Gasteiger partial charge in [0.15, 0.2) is 0 Å². The zero-order valence-corrected chi connectivity index (χ0v) is 15.0. The lowest BCUT2D eigenvalue weighted by atomic mass is 10.2.